The van der Waals surface area contributed by atoms with E-state index in [-0.39, 0.29) is 22.9 Å². The van der Waals surface area contributed by atoms with Gasteiger partial charge >= 0.3 is 0 Å². The number of methoxy groups -OCH3 is 1. The molecule has 1 aromatic rings. The van der Waals surface area contributed by atoms with Gasteiger partial charge in [0.25, 0.3) is 5.91 Å². The van der Waals surface area contributed by atoms with Crippen LogP contribution in [0.1, 0.15) is 23.7 Å². The molecule has 1 heterocycles. The lowest BCUT2D eigenvalue weighted by Crippen LogP contribution is -2.37. The first-order chi connectivity index (χ1) is 8.06. The highest BCUT2D eigenvalue weighted by atomic mass is 35.5. The van der Waals surface area contributed by atoms with E-state index in [4.69, 9.17) is 22.1 Å². The summed E-state index contributed by atoms with van der Waals surface area (Å²) in [5.41, 5.74) is 5.92. The van der Waals surface area contributed by atoms with Gasteiger partial charge in [-0.3, -0.25) is 4.79 Å². The molecule has 94 valence electrons. The molecule has 3 N–H and O–H groups in total. The summed E-state index contributed by atoms with van der Waals surface area (Å²) >= 11 is 5.73. The van der Waals surface area contributed by atoms with Gasteiger partial charge in [-0.25, -0.2) is 4.98 Å². The normalized spacial score (nSPS) is 12.2. The number of nitrogen functional groups attached to an aromatic ring is 1. The van der Waals surface area contributed by atoms with Gasteiger partial charge in [0.05, 0.1) is 12.6 Å². The summed E-state index contributed by atoms with van der Waals surface area (Å²) in [6.45, 7) is 2.44. The van der Waals surface area contributed by atoms with Crippen LogP contribution in [0.15, 0.2) is 12.1 Å². The lowest BCUT2D eigenvalue weighted by atomic mass is 10.2. The maximum Gasteiger partial charge on any atom is 0.251 e. The van der Waals surface area contributed by atoms with Crippen LogP contribution in [-0.2, 0) is 4.74 Å². The quantitative estimate of drug-likeness (QED) is 0.783. The van der Waals surface area contributed by atoms with Crippen molar-refractivity contribution in [3.63, 3.8) is 0 Å². The Hall–Kier alpha value is -1.33. The molecule has 0 saturated heterocycles. The Morgan fingerprint density at radius 1 is 1.65 bits per heavy atom. The van der Waals surface area contributed by atoms with Crippen molar-refractivity contribution in [2.75, 3.05) is 19.5 Å². The number of hydrogen-bond donors (Lipinski definition) is 2. The molecule has 1 rings (SSSR count). The average molecular weight is 258 g/mol. The van der Waals surface area contributed by atoms with E-state index in [9.17, 15) is 4.79 Å². The molecule has 6 heteroatoms. The topological polar surface area (TPSA) is 77.2 Å². The Morgan fingerprint density at radius 3 is 2.88 bits per heavy atom. The molecule has 0 radical (unpaired) electrons. The van der Waals surface area contributed by atoms with E-state index >= 15 is 0 Å². The SMILES string of the molecule is CCC(COC)NC(=O)c1cc(N)nc(Cl)c1. The number of anilines is 1. The fourth-order valence-electron chi connectivity index (χ4n) is 1.38. The van der Waals surface area contributed by atoms with E-state index in [1.165, 1.54) is 12.1 Å². The van der Waals surface area contributed by atoms with Crippen LogP contribution in [0.3, 0.4) is 0 Å². The predicted molar refractivity (Wildman–Crippen MR) is 67.1 cm³/mol. The number of amides is 1. The predicted octanol–water partition coefficient (Wildman–Crippen LogP) is 1.47. The zero-order valence-electron chi connectivity index (χ0n) is 9.87. The van der Waals surface area contributed by atoms with Crippen molar-refractivity contribution in [2.45, 2.75) is 19.4 Å². The maximum absolute atomic E-state index is 11.9. The Bertz CT molecular complexity index is 378. The summed E-state index contributed by atoms with van der Waals surface area (Å²) in [5, 5.41) is 3.04. The second kappa shape index (κ2) is 6.42. The summed E-state index contributed by atoms with van der Waals surface area (Å²) in [7, 11) is 1.59. The van der Waals surface area contributed by atoms with E-state index in [0.717, 1.165) is 6.42 Å². The van der Waals surface area contributed by atoms with Crippen LogP contribution in [0, 0.1) is 0 Å². The molecule has 1 aromatic heterocycles. The van der Waals surface area contributed by atoms with Crippen molar-refractivity contribution in [1.82, 2.24) is 10.3 Å². The monoisotopic (exact) mass is 257 g/mol. The number of halogens is 1. The summed E-state index contributed by atoms with van der Waals surface area (Å²) in [5.74, 6) is -0.00709. The third kappa shape index (κ3) is 4.20. The number of pyridine rings is 1. The first kappa shape index (κ1) is 13.7. The molecule has 0 saturated carbocycles. The first-order valence-electron chi connectivity index (χ1n) is 5.29. The summed E-state index contributed by atoms with van der Waals surface area (Å²) in [6, 6.07) is 2.94. The van der Waals surface area contributed by atoms with Crippen LogP contribution in [-0.4, -0.2) is 30.6 Å². The van der Waals surface area contributed by atoms with Gasteiger partial charge in [0, 0.05) is 12.7 Å². The lowest BCUT2D eigenvalue weighted by Gasteiger charge is -2.16. The third-order valence-electron chi connectivity index (χ3n) is 2.27. The minimum Gasteiger partial charge on any atom is -0.384 e. The fourth-order valence-corrected chi connectivity index (χ4v) is 1.59. The lowest BCUT2D eigenvalue weighted by molar-refractivity contribution is 0.0894. The molecule has 5 nitrogen and oxygen atoms in total. The number of ether oxygens (including phenoxy) is 1. The zero-order valence-corrected chi connectivity index (χ0v) is 10.6. The van der Waals surface area contributed by atoms with E-state index < -0.39 is 0 Å². The molecule has 17 heavy (non-hydrogen) atoms. The van der Waals surface area contributed by atoms with Gasteiger partial charge in [-0.1, -0.05) is 18.5 Å². The minimum atomic E-state index is -0.232. The highest BCUT2D eigenvalue weighted by Gasteiger charge is 2.13. The fraction of sp³-hybridized carbons (Fsp3) is 0.455. The van der Waals surface area contributed by atoms with Crippen LogP contribution in [0.2, 0.25) is 5.15 Å². The molecule has 0 aliphatic heterocycles. The van der Waals surface area contributed by atoms with Crippen LogP contribution < -0.4 is 11.1 Å². The van der Waals surface area contributed by atoms with Gasteiger partial charge in [-0.05, 0) is 18.6 Å². The molecule has 0 aromatic carbocycles. The molecule has 0 fully saturated rings. The number of nitrogens with zero attached hydrogens (tertiary/aromatic N) is 1. The van der Waals surface area contributed by atoms with Crippen molar-refractivity contribution in [3.8, 4) is 0 Å². The van der Waals surface area contributed by atoms with Crippen LogP contribution >= 0.6 is 11.6 Å². The van der Waals surface area contributed by atoms with Gasteiger partial charge in [-0.15, -0.1) is 0 Å². The second-order valence-corrected chi connectivity index (χ2v) is 4.02. The summed E-state index contributed by atoms with van der Waals surface area (Å²) in [6.07, 6.45) is 0.786. The highest BCUT2D eigenvalue weighted by Crippen LogP contribution is 2.12. The maximum atomic E-state index is 11.9. The van der Waals surface area contributed by atoms with Gasteiger partial charge in [-0.2, -0.15) is 0 Å². The minimum absolute atomic E-state index is 0.0272. The number of aromatic nitrogens is 1. The Morgan fingerprint density at radius 2 is 2.35 bits per heavy atom. The van der Waals surface area contributed by atoms with Crippen molar-refractivity contribution in [1.29, 1.82) is 0 Å². The summed E-state index contributed by atoms with van der Waals surface area (Å²) in [4.78, 5) is 15.7. The smallest absolute Gasteiger partial charge is 0.251 e. The van der Waals surface area contributed by atoms with E-state index in [0.29, 0.717) is 12.2 Å². The molecule has 1 unspecified atom stereocenters. The molecule has 1 atom stereocenters. The van der Waals surface area contributed by atoms with Crippen molar-refractivity contribution < 1.29 is 9.53 Å². The first-order valence-corrected chi connectivity index (χ1v) is 5.67. The number of nitrogens with one attached hydrogen (secondary N) is 1. The summed E-state index contributed by atoms with van der Waals surface area (Å²) < 4.78 is 5.00. The van der Waals surface area contributed by atoms with Crippen LogP contribution in [0.25, 0.3) is 0 Å². The van der Waals surface area contributed by atoms with E-state index in [1.807, 2.05) is 6.92 Å². The molecule has 0 aliphatic rings. The second-order valence-electron chi connectivity index (χ2n) is 3.64. The van der Waals surface area contributed by atoms with Crippen LogP contribution in [0.4, 0.5) is 5.82 Å². The van der Waals surface area contributed by atoms with Crippen LogP contribution in [0.5, 0.6) is 0 Å². The zero-order chi connectivity index (χ0) is 12.8. The molecular weight excluding hydrogens is 242 g/mol. The third-order valence-corrected chi connectivity index (χ3v) is 2.47. The highest BCUT2D eigenvalue weighted by molar-refractivity contribution is 6.29. The average Bonchev–Trinajstić information content (AvgIpc) is 2.27. The molecule has 0 bridgehead atoms. The standard InChI is InChI=1S/C11H16ClN3O2/c1-3-8(6-17-2)14-11(16)7-4-9(12)15-10(13)5-7/h4-5,8H,3,6H2,1-2H3,(H2,13,15)(H,14,16). The number of nitrogens with two attached hydrogens (primary N) is 1. The van der Waals surface area contributed by atoms with Crippen molar-refractivity contribution in [2.24, 2.45) is 0 Å². The Balaban J connectivity index is 2.75. The van der Waals surface area contributed by atoms with Gasteiger partial charge in [0.15, 0.2) is 0 Å². The van der Waals surface area contributed by atoms with Crippen molar-refractivity contribution in [3.05, 3.63) is 22.8 Å². The number of carbonyl (C=O) groups excluding carboxylic acids is 1. The Labute approximate surface area is 105 Å². The Kier molecular flexibility index (Phi) is 5.18. The van der Waals surface area contributed by atoms with E-state index in [2.05, 4.69) is 10.3 Å². The molecule has 0 spiro atoms. The van der Waals surface area contributed by atoms with Crippen molar-refractivity contribution >= 4 is 23.3 Å². The van der Waals surface area contributed by atoms with Gasteiger partial charge in [0.1, 0.15) is 11.0 Å². The largest absolute Gasteiger partial charge is 0.384 e. The van der Waals surface area contributed by atoms with E-state index in [1.54, 1.807) is 7.11 Å². The molecule has 1 amide bonds. The molecular formula is C11H16ClN3O2. The number of hydrogen-bond acceptors (Lipinski definition) is 4. The van der Waals surface area contributed by atoms with Gasteiger partial charge < -0.3 is 15.8 Å². The molecule has 0 aliphatic carbocycles. The number of carbonyl (C=O) groups is 1. The number of rotatable bonds is 5. The van der Waals surface area contributed by atoms with Gasteiger partial charge in [0.2, 0.25) is 0 Å².